The summed E-state index contributed by atoms with van der Waals surface area (Å²) in [6.07, 6.45) is 2.33. The molecule has 0 aromatic carbocycles. The first kappa shape index (κ1) is 23.5. The van der Waals surface area contributed by atoms with Gasteiger partial charge in [-0.2, -0.15) is 24.4 Å². The van der Waals surface area contributed by atoms with Crippen LogP contribution >= 0.6 is 24.4 Å². The van der Waals surface area contributed by atoms with Gasteiger partial charge in [-0.3, -0.25) is 14.4 Å². The number of carbonyl (C=O) groups excluding carboxylic acids is 3. The van der Waals surface area contributed by atoms with Crippen LogP contribution in [0.3, 0.4) is 0 Å². The number of amides is 3. The number of aliphatic hydroxyl groups excluding tert-OH is 1. The minimum absolute atomic E-state index is 0.0111. The Morgan fingerprint density at radius 1 is 1.16 bits per heavy atom. The van der Waals surface area contributed by atoms with Gasteiger partial charge in [0.1, 0.15) is 12.1 Å². The Bertz CT molecular complexity index is 479. The van der Waals surface area contributed by atoms with E-state index in [2.05, 4.69) is 23.3 Å². The van der Waals surface area contributed by atoms with Crippen LogP contribution in [0, 0.1) is 0 Å². The zero-order valence-electron chi connectivity index (χ0n) is 13.7. The molecule has 0 fully saturated rings. The first-order valence-electron chi connectivity index (χ1n) is 7.33. The molecule has 0 aromatic heterocycles. The van der Waals surface area contributed by atoms with Gasteiger partial charge in [0.2, 0.25) is 17.7 Å². The van der Waals surface area contributed by atoms with Crippen molar-refractivity contribution in [2.24, 2.45) is 5.73 Å². The van der Waals surface area contributed by atoms with Crippen molar-refractivity contribution in [3.05, 3.63) is 0 Å². The lowest BCUT2D eigenvalue weighted by Gasteiger charge is -2.19. The highest BCUT2D eigenvalue weighted by molar-refractivity contribution is 7.98. The Kier molecular flexibility index (Phi) is 12.0. The van der Waals surface area contributed by atoms with Crippen molar-refractivity contribution in [1.29, 1.82) is 0 Å². The van der Waals surface area contributed by atoms with E-state index >= 15 is 0 Å². The second-order valence-electron chi connectivity index (χ2n) is 4.99. The van der Waals surface area contributed by atoms with Gasteiger partial charge in [0.05, 0.1) is 19.2 Å². The molecule has 0 aromatic rings. The third kappa shape index (κ3) is 9.53. The second-order valence-corrected chi connectivity index (χ2v) is 6.34. The highest BCUT2D eigenvalue weighted by Crippen LogP contribution is 1.99. The van der Waals surface area contributed by atoms with Crippen LogP contribution in [0.4, 0.5) is 0 Å². The Morgan fingerprint density at radius 3 is 2.28 bits per heavy atom. The summed E-state index contributed by atoms with van der Waals surface area (Å²) in [4.78, 5) is 46.1. The van der Waals surface area contributed by atoms with E-state index < -0.39 is 55.0 Å². The molecule has 3 atom stereocenters. The molecule has 7 N–H and O–H groups in total. The maximum Gasteiger partial charge on any atom is 0.328 e. The third-order valence-corrected chi connectivity index (χ3v) is 4.03. The number of carbonyl (C=O) groups is 4. The molecule has 0 aliphatic carbocycles. The number of thiol groups is 1. The number of nitrogens with two attached hydrogens (primary N) is 1. The van der Waals surface area contributed by atoms with Crippen LogP contribution in [0.2, 0.25) is 0 Å². The summed E-state index contributed by atoms with van der Waals surface area (Å²) in [6.45, 7) is -1.29. The molecular formula is C13H24N4O6S2. The first-order valence-corrected chi connectivity index (χ1v) is 9.35. The number of hydrogen-bond donors (Lipinski definition) is 7. The Morgan fingerprint density at radius 2 is 1.80 bits per heavy atom. The monoisotopic (exact) mass is 396 g/mol. The molecule has 0 rings (SSSR count). The van der Waals surface area contributed by atoms with Gasteiger partial charge in [-0.1, -0.05) is 0 Å². The second kappa shape index (κ2) is 12.8. The van der Waals surface area contributed by atoms with Crippen LogP contribution in [-0.2, 0) is 19.2 Å². The van der Waals surface area contributed by atoms with Gasteiger partial charge in [0.25, 0.3) is 0 Å². The van der Waals surface area contributed by atoms with Crippen LogP contribution in [-0.4, -0.2) is 82.9 Å². The van der Waals surface area contributed by atoms with E-state index in [9.17, 15) is 19.2 Å². The van der Waals surface area contributed by atoms with E-state index in [0.29, 0.717) is 12.2 Å². The lowest BCUT2D eigenvalue weighted by molar-refractivity contribution is -0.142. The molecule has 0 aliphatic rings. The molecule has 12 heteroatoms. The molecule has 0 saturated heterocycles. The number of rotatable bonds is 12. The van der Waals surface area contributed by atoms with Crippen molar-refractivity contribution in [2.45, 2.75) is 24.5 Å². The summed E-state index contributed by atoms with van der Waals surface area (Å²) in [5, 5.41) is 24.2. The standard InChI is InChI=1S/C13H24N4O6S2/c1-25-3-2-7(14)11(20)17-9(6-24)12(21)15-4-10(19)16-8(5-18)13(22)23/h7-9,18,24H,2-6,14H2,1H3,(H,15,21)(H,16,19)(H,17,20)(H,22,23). The van der Waals surface area contributed by atoms with Crippen molar-refractivity contribution in [3.63, 3.8) is 0 Å². The van der Waals surface area contributed by atoms with E-state index in [-0.39, 0.29) is 5.75 Å². The van der Waals surface area contributed by atoms with Crippen LogP contribution in [0.25, 0.3) is 0 Å². The third-order valence-electron chi connectivity index (χ3n) is 3.02. The predicted octanol–water partition coefficient (Wildman–Crippen LogP) is -2.84. The summed E-state index contributed by atoms with van der Waals surface area (Å²) in [5.74, 6) is -2.67. The highest BCUT2D eigenvalue weighted by Gasteiger charge is 2.24. The quantitative estimate of drug-likeness (QED) is 0.173. The van der Waals surface area contributed by atoms with Crippen molar-refractivity contribution in [2.75, 3.05) is 30.9 Å². The minimum atomic E-state index is -1.46. The van der Waals surface area contributed by atoms with Crippen molar-refractivity contribution < 1.29 is 29.4 Å². The van der Waals surface area contributed by atoms with Gasteiger partial charge in [-0.25, -0.2) is 4.79 Å². The van der Waals surface area contributed by atoms with E-state index in [1.807, 2.05) is 11.6 Å². The molecule has 3 amide bonds. The van der Waals surface area contributed by atoms with E-state index in [1.165, 1.54) is 11.8 Å². The maximum absolute atomic E-state index is 12.0. The molecule has 0 radical (unpaired) electrons. The van der Waals surface area contributed by atoms with E-state index in [4.69, 9.17) is 15.9 Å². The largest absolute Gasteiger partial charge is 0.480 e. The zero-order valence-corrected chi connectivity index (χ0v) is 15.4. The summed E-state index contributed by atoms with van der Waals surface area (Å²) in [5.41, 5.74) is 5.70. The lowest BCUT2D eigenvalue weighted by atomic mass is 10.2. The van der Waals surface area contributed by atoms with Crippen molar-refractivity contribution >= 4 is 48.1 Å². The molecular weight excluding hydrogens is 372 g/mol. The molecule has 0 spiro atoms. The summed E-state index contributed by atoms with van der Waals surface area (Å²) in [7, 11) is 0. The number of hydrogen-bond acceptors (Lipinski definition) is 8. The van der Waals surface area contributed by atoms with Crippen molar-refractivity contribution in [1.82, 2.24) is 16.0 Å². The number of aliphatic carboxylic acids is 1. The summed E-state index contributed by atoms with van der Waals surface area (Å²) in [6, 6.07) is -3.21. The molecule has 10 nitrogen and oxygen atoms in total. The number of aliphatic hydroxyl groups is 1. The fraction of sp³-hybridized carbons (Fsp3) is 0.692. The van der Waals surface area contributed by atoms with Gasteiger partial charge in [0, 0.05) is 5.75 Å². The average molecular weight is 396 g/mol. The maximum atomic E-state index is 12.0. The highest BCUT2D eigenvalue weighted by atomic mass is 32.2. The molecule has 0 bridgehead atoms. The van der Waals surface area contributed by atoms with Crippen LogP contribution < -0.4 is 21.7 Å². The first-order chi connectivity index (χ1) is 11.8. The Hall–Kier alpha value is -1.50. The van der Waals surface area contributed by atoms with Gasteiger partial charge in [-0.15, -0.1) is 0 Å². The molecule has 25 heavy (non-hydrogen) atoms. The molecule has 0 aliphatic heterocycles. The number of thioether (sulfide) groups is 1. The van der Waals surface area contributed by atoms with Crippen molar-refractivity contribution in [3.8, 4) is 0 Å². The smallest absolute Gasteiger partial charge is 0.328 e. The number of nitrogens with one attached hydrogen (secondary N) is 3. The molecule has 0 saturated carbocycles. The van der Waals surface area contributed by atoms with Gasteiger partial charge in [0.15, 0.2) is 0 Å². The summed E-state index contributed by atoms with van der Waals surface area (Å²) < 4.78 is 0. The SMILES string of the molecule is CSCCC(N)C(=O)NC(CS)C(=O)NCC(=O)NC(CO)C(=O)O. The normalized spacial score (nSPS) is 14.1. The zero-order chi connectivity index (χ0) is 19.4. The number of carboxylic acid groups (broad SMARTS) is 1. The lowest BCUT2D eigenvalue weighted by Crippen LogP contribution is -2.54. The minimum Gasteiger partial charge on any atom is -0.480 e. The Labute approximate surface area is 155 Å². The Balaban J connectivity index is 4.43. The number of carboxylic acids is 1. The van der Waals surface area contributed by atoms with Crippen LogP contribution in [0.15, 0.2) is 0 Å². The fourth-order valence-corrected chi connectivity index (χ4v) is 2.32. The molecule has 0 heterocycles. The van der Waals surface area contributed by atoms with Crippen LogP contribution in [0.5, 0.6) is 0 Å². The molecule has 3 unspecified atom stereocenters. The average Bonchev–Trinajstić information content (AvgIpc) is 2.59. The van der Waals surface area contributed by atoms with E-state index in [1.54, 1.807) is 0 Å². The van der Waals surface area contributed by atoms with Gasteiger partial charge >= 0.3 is 5.97 Å². The topological polar surface area (TPSA) is 171 Å². The summed E-state index contributed by atoms with van der Waals surface area (Å²) >= 11 is 5.52. The fourth-order valence-electron chi connectivity index (χ4n) is 1.57. The molecule has 144 valence electrons. The van der Waals surface area contributed by atoms with Gasteiger partial charge in [-0.05, 0) is 18.4 Å². The van der Waals surface area contributed by atoms with E-state index in [0.717, 1.165) is 0 Å². The predicted molar refractivity (Wildman–Crippen MR) is 96.4 cm³/mol. The van der Waals surface area contributed by atoms with Gasteiger partial charge < -0.3 is 31.9 Å². The van der Waals surface area contributed by atoms with Crippen LogP contribution in [0.1, 0.15) is 6.42 Å².